The SMILES string of the molecule is COc1cc2c(cc1OC)C(c1ccc(C)c([N+](=O)[O-])c1)CC(=O)N2. The predicted molar refractivity (Wildman–Crippen MR) is 92.5 cm³/mol. The Morgan fingerprint density at radius 3 is 2.48 bits per heavy atom. The van der Waals surface area contributed by atoms with Crippen molar-refractivity contribution >= 4 is 17.3 Å². The van der Waals surface area contributed by atoms with Crippen LogP contribution in [0.3, 0.4) is 0 Å². The van der Waals surface area contributed by atoms with Crippen molar-refractivity contribution in [2.45, 2.75) is 19.3 Å². The van der Waals surface area contributed by atoms with E-state index in [0.29, 0.717) is 22.7 Å². The Labute approximate surface area is 144 Å². The fourth-order valence-electron chi connectivity index (χ4n) is 3.13. The average Bonchev–Trinajstić information content (AvgIpc) is 2.60. The first-order valence-electron chi connectivity index (χ1n) is 7.75. The maximum absolute atomic E-state index is 12.1. The molecule has 7 heteroatoms. The molecule has 1 unspecified atom stereocenters. The van der Waals surface area contributed by atoms with Gasteiger partial charge in [-0.3, -0.25) is 14.9 Å². The van der Waals surface area contributed by atoms with Crippen LogP contribution in [0.2, 0.25) is 0 Å². The fourth-order valence-corrected chi connectivity index (χ4v) is 3.13. The lowest BCUT2D eigenvalue weighted by Crippen LogP contribution is -2.23. The number of anilines is 1. The van der Waals surface area contributed by atoms with Crippen LogP contribution in [0, 0.1) is 17.0 Å². The molecule has 0 spiro atoms. The van der Waals surface area contributed by atoms with Gasteiger partial charge in [0.1, 0.15) is 0 Å². The molecular weight excluding hydrogens is 324 g/mol. The molecule has 1 amide bonds. The van der Waals surface area contributed by atoms with Crippen LogP contribution in [0.4, 0.5) is 11.4 Å². The van der Waals surface area contributed by atoms with E-state index in [9.17, 15) is 14.9 Å². The van der Waals surface area contributed by atoms with Gasteiger partial charge >= 0.3 is 0 Å². The van der Waals surface area contributed by atoms with E-state index in [0.717, 1.165) is 11.1 Å². The molecule has 130 valence electrons. The van der Waals surface area contributed by atoms with Crippen LogP contribution in [0.1, 0.15) is 29.0 Å². The van der Waals surface area contributed by atoms with E-state index in [1.807, 2.05) is 12.1 Å². The van der Waals surface area contributed by atoms with Crippen LogP contribution >= 0.6 is 0 Å². The van der Waals surface area contributed by atoms with Crippen molar-refractivity contribution in [1.82, 2.24) is 0 Å². The van der Waals surface area contributed by atoms with Gasteiger partial charge in [0.15, 0.2) is 11.5 Å². The quantitative estimate of drug-likeness (QED) is 0.679. The van der Waals surface area contributed by atoms with Gasteiger partial charge in [0, 0.05) is 35.7 Å². The summed E-state index contributed by atoms with van der Waals surface area (Å²) in [6.45, 7) is 1.69. The smallest absolute Gasteiger partial charge is 0.272 e. The zero-order valence-electron chi connectivity index (χ0n) is 14.2. The molecule has 1 aliphatic rings. The lowest BCUT2D eigenvalue weighted by atomic mass is 9.84. The topological polar surface area (TPSA) is 90.7 Å². The van der Waals surface area contributed by atoms with E-state index in [4.69, 9.17) is 9.47 Å². The molecule has 0 radical (unpaired) electrons. The number of methoxy groups -OCH3 is 2. The normalized spacial score (nSPS) is 16.0. The summed E-state index contributed by atoms with van der Waals surface area (Å²) < 4.78 is 10.6. The van der Waals surface area contributed by atoms with E-state index in [1.165, 1.54) is 14.2 Å². The molecule has 25 heavy (non-hydrogen) atoms. The third kappa shape index (κ3) is 3.00. The van der Waals surface area contributed by atoms with Crippen LogP contribution in [0.25, 0.3) is 0 Å². The minimum absolute atomic E-state index is 0.0468. The highest BCUT2D eigenvalue weighted by Gasteiger charge is 2.29. The monoisotopic (exact) mass is 342 g/mol. The summed E-state index contributed by atoms with van der Waals surface area (Å²) in [6.07, 6.45) is 0.211. The van der Waals surface area contributed by atoms with Crippen LogP contribution in [0.5, 0.6) is 11.5 Å². The summed E-state index contributed by atoms with van der Waals surface area (Å²) in [5, 5.41) is 14.1. The van der Waals surface area contributed by atoms with Crippen molar-refractivity contribution in [1.29, 1.82) is 0 Å². The number of carbonyl (C=O) groups excluding carboxylic acids is 1. The van der Waals surface area contributed by atoms with Crippen molar-refractivity contribution in [3.8, 4) is 11.5 Å². The Morgan fingerprint density at radius 2 is 1.84 bits per heavy atom. The second-order valence-corrected chi connectivity index (χ2v) is 5.90. The Morgan fingerprint density at radius 1 is 1.16 bits per heavy atom. The van der Waals surface area contributed by atoms with Gasteiger partial charge in [-0.25, -0.2) is 0 Å². The molecule has 7 nitrogen and oxygen atoms in total. The third-order valence-corrected chi connectivity index (χ3v) is 4.43. The number of aryl methyl sites for hydroxylation is 1. The lowest BCUT2D eigenvalue weighted by Gasteiger charge is -2.27. The van der Waals surface area contributed by atoms with E-state index >= 15 is 0 Å². The number of hydrogen-bond acceptors (Lipinski definition) is 5. The highest BCUT2D eigenvalue weighted by molar-refractivity contribution is 5.96. The van der Waals surface area contributed by atoms with Crippen LogP contribution in [-0.4, -0.2) is 25.1 Å². The fraction of sp³-hybridized carbons (Fsp3) is 0.278. The van der Waals surface area contributed by atoms with Gasteiger partial charge in [-0.1, -0.05) is 12.1 Å². The minimum Gasteiger partial charge on any atom is -0.493 e. The number of nitrogens with one attached hydrogen (secondary N) is 1. The number of nitro benzene ring substituents is 1. The molecule has 0 aromatic heterocycles. The van der Waals surface area contributed by atoms with Crippen molar-refractivity contribution < 1.29 is 19.2 Å². The standard InChI is InChI=1S/C18H18N2O5/c1-10-4-5-11(6-15(10)20(22)23)12-8-18(21)19-14-9-17(25-3)16(24-2)7-13(12)14/h4-7,9,12H,8H2,1-3H3,(H,19,21). The van der Waals surface area contributed by atoms with Gasteiger partial charge in [0.2, 0.25) is 5.91 Å². The zero-order chi connectivity index (χ0) is 18.1. The number of carbonyl (C=O) groups is 1. The highest BCUT2D eigenvalue weighted by atomic mass is 16.6. The Kier molecular flexibility index (Phi) is 4.31. The van der Waals surface area contributed by atoms with Crippen LogP contribution in [0.15, 0.2) is 30.3 Å². The Hall–Kier alpha value is -3.09. The number of ether oxygens (including phenoxy) is 2. The van der Waals surface area contributed by atoms with Gasteiger partial charge in [0.25, 0.3) is 5.69 Å². The molecule has 1 aliphatic heterocycles. The summed E-state index contributed by atoms with van der Waals surface area (Å²) in [6, 6.07) is 8.59. The van der Waals surface area contributed by atoms with Gasteiger partial charge in [-0.05, 0) is 24.1 Å². The first-order chi connectivity index (χ1) is 11.9. The van der Waals surface area contributed by atoms with E-state index in [1.54, 1.807) is 25.1 Å². The number of nitrogens with zero attached hydrogens (tertiary/aromatic N) is 1. The summed E-state index contributed by atoms with van der Waals surface area (Å²) in [5.74, 6) is 0.622. The number of rotatable bonds is 4. The van der Waals surface area contributed by atoms with Crippen molar-refractivity contribution in [2.75, 3.05) is 19.5 Å². The molecular formula is C18H18N2O5. The second-order valence-electron chi connectivity index (χ2n) is 5.90. The summed E-state index contributed by atoms with van der Waals surface area (Å²) in [7, 11) is 3.06. The molecule has 3 rings (SSSR count). The minimum atomic E-state index is -0.406. The molecule has 0 saturated heterocycles. The van der Waals surface area contributed by atoms with E-state index in [-0.39, 0.29) is 23.9 Å². The van der Waals surface area contributed by atoms with E-state index in [2.05, 4.69) is 5.32 Å². The molecule has 1 N–H and O–H groups in total. The number of fused-ring (bicyclic) bond motifs is 1. The predicted octanol–water partition coefficient (Wildman–Crippen LogP) is 3.39. The van der Waals surface area contributed by atoms with Crippen molar-refractivity contribution in [3.05, 3.63) is 57.1 Å². The van der Waals surface area contributed by atoms with Gasteiger partial charge < -0.3 is 14.8 Å². The number of amides is 1. The maximum Gasteiger partial charge on any atom is 0.272 e. The average molecular weight is 342 g/mol. The maximum atomic E-state index is 12.1. The summed E-state index contributed by atoms with van der Waals surface area (Å²) >= 11 is 0. The Bertz CT molecular complexity index is 863. The lowest BCUT2D eigenvalue weighted by molar-refractivity contribution is -0.385. The van der Waals surface area contributed by atoms with Crippen molar-refractivity contribution in [2.24, 2.45) is 0 Å². The first kappa shape index (κ1) is 16.8. The van der Waals surface area contributed by atoms with Crippen LogP contribution < -0.4 is 14.8 Å². The Balaban J connectivity index is 2.15. The molecule has 1 heterocycles. The molecule has 1 atom stereocenters. The molecule has 2 aromatic carbocycles. The van der Waals surface area contributed by atoms with E-state index < -0.39 is 4.92 Å². The summed E-state index contributed by atoms with van der Waals surface area (Å²) in [4.78, 5) is 23.0. The molecule has 0 aliphatic carbocycles. The number of benzene rings is 2. The highest BCUT2D eigenvalue weighted by Crippen LogP contribution is 2.43. The number of nitro groups is 1. The van der Waals surface area contributed by atoms with Crippen LogP contribution in [-0.2, 0) is 4.79 Å². The molecule has 0 saturated carbocycles. The zero-order valence-corrected chi connectivity index (χ0v) is 14.2. The third-order valence-electron chi connectivity index (χ3n) is 4.43. The van der Waals surface area contributed by atoms with Gasteiger partial charge in [-0.15, -0.1) is 0 Å². The molecule has 0 fully saturated rings. The number of hydrogen-bond donors (Lipinski definition) is 1. The molecule has 0 bridgehead atoms. The first-order valence-corrected chi connectivity index (χ1v) is 7.75. The van der Waals surface area contributed by atoms with Crippen molar-refractivity contribution in [3.63, 3.8) is 0 Å². The summed E-state index contributed by atoms with van der Waals surface area (Å²) in [5.41, 5.74) is 2.82. The van der Waals surface area contributed by atoms with Gasteiger partial charge in [-0.2, -0.15) is 0 Å². The molecule has 2 aromatic rings. The largest absolute Gasteiger partial charge is 0.493 e. The second kappa shape index (κ2) is 6.43. The van der Waals surface area contributed by atoms with Gasteiger partial charge in [0.05, 0.1) is 19.1 Å².